The normalized spacial score (nSPS) is 12.2. The highest BCUT2D eigenvalue weighted by Gasteiger charge is 2.41. The summed E-state index contributed by atoms with van der Waals surface area (Å²) in [4.78, 5) is 0. The summed E-state index contributed by atoms with van der Waals surface area (Å²) in [5.41, 5.74) is -0.368. The summed E-state index contributed by atoms with van der Waals surface area (Å²) < 4.78 is 55.1. The molecule has 0 heterocycles. The Morgan fingerprint density at radius 1 is 0.760 bits per heavy atom. The van der Waals surface area contributed by atoms with Crippen LogP contribution in [0.5, 0.6) is 0 Å². The first kappa shape index (κ1) is 17.5. The second-order valence-electron chi connectivity index (χ2n) is 5.80. The summed E-state index contributed by atoms with van der Waals surface area (Å²) >= 11 is 0. The first-order valence-electron chi connectivity index (χ1n) is 7.73. The van der Waals surface area contributed by atoms with Crippen molar-refractivity contribution in [2.75, 3.05) is 0 Å². The van der Waals surface area contributed by atoms with E-state index in [-0.39, 0.29) is 5.30 Å². The van der Waals surface area contributed by atoms with Gasteiger partial charge in [0.15, 0.2) is 7.14 Å². The Labute approximate surface area is 144 Å². The van der Waals surface area contributed by atoms with Gasteiger partial charge >= 0.3 is 6.18 Å². The molecule has 128 valence electrons. The highest BCUT2D eigenvalue weighted by Crippen LogP contribution is 2.46. The van der Waals surface area contributed by atoms with Gasteiger partial charge in [-0.25, -0.2) is 0 Å². The first-order chi connectivity index (χ1) is 11.8. The number of halogens is 3. The maximum absolute atomic E-state index is 14.1. The van der Waals surface area contributed by atoms with Gasteiger partial charge in [0.25, 0.3) is 0 Å². The summed E-state index contributed by atoms with van der Waals surface area (Å²) in [6.45, 7) is 1.59. The van der Waals surface area contributed by atoms with Crippen LogP contribution in [0.2, 0.25) is 0 Å². The average molecular weight is 360 g/mol. The quantitative estimate of drug-likeness (QED) is 0.621. The van der Waals surface area contributed by atoms with Crippen molar-refractivity contribution in [2.24, 2.45) is 0 Å². The molecule has 0 radical (unpaired) electrons. The van der Waals surface area contributed by atoms with E-state index in [1.807, 2.05) is 0 Å². The SMILES string of the molecule is Cc1ccc(P(=O)(c2ccccc2)c2ccccc2)c(C(F)(F)F)c1. The van der Waals surface area contributed by atoms with Gasteiger partial charge < -0.3 is 4.57 Å². The predicted molar refractivity (Wildman–Crippen MR) is 95.6 cm³/mol. The summed E-state index contributed by atoms with van der Waals surface area (Å²) in [6.07, 6.45) is -4.58. The molecule has 0 aromatic heterocycles. The molecule has 0 aliphatic rings. The summed E-state index contributed by atoms with van der Waals surface area (Å²) in [5.74, 6) is 0. The monoisotopic (exact) mass is 360 g/mol. The van der Waals surface area contributed by atoms with Crippen molar-refractivity contribution in [1.82, 2.24) is 0 Å². The van der Waals surface area contributed by atoms with E-state index in [1.165, 1.54) is 6.07 Å². The van der Waals surface area contributed by atoms with Crippen molar-refractivity contribution < 1.29 is 17.7 Å². The van der Waals surface area contributed by atoms with E-state index in [9.17, 15) is 17.7 Å². The standard InChI is InChI=1S/C20H16F3OP/c1-15-12-13-19(18(14-15)20(21,22)23)25(24,16-8-4-2-5-9-16)17-10-6-3-7-11-17/h2-14H,1H3. The molecule has 0 spiro atoms. The Balaban J connectivity index is 2.38. The fraction of sp³-hybridized carbons (Fsp3) is 0.100. The highest BCUT2D eigenvalue weighted by molar-refractivity contribution is 7.85. The minimum absolute atomic E-state index is 0.178. The fourth-order valence-electron chi connectivity index (χ4n) is 2.85. The maximum atomic E-state index is 14.1. The third-order valence-corrected chi connectivity index (χ3v) is 7.16. The van der Waals surface area contributed by atoms with Gasteiger partial charge in [-0.2, -0.15) is 13.2 Å². The van der Waals surface area contributed by atoms with Crippen LogP contribution in [0.4, 0.5) is 13.2 Å². The van der Waals surface area contributed by atoms with E-state index in [0.29, 0.717) is 16.2 Å². The molecule has 0 atom stereocenters. The summed E-state index contributed by atoms with van der Waals surface area (Å²) in [7, 11) is -3.65. The Kier molecular flexibility index (Phi) is 4.57. The first-order valence-corrected chi connectivity index (χ1v) is 9.44. The van der Waals surface area contributed by atoms with Gasteiger partial charge in [0.2, 0.25) is 0 Å². The van der Waals surface area contributed by atoms with Gasteiger partial charge in [0.1, 0.15) is 0 Å². The lowest BCUT2D eigenvalue weighted by Crippen LogP contribution is -2.30. The van der Waals surface area contributed by atoms with Crippen molar-refractivity contribution in [3.63, 3.8) is 0 Å². The fourth-order valence-corrected chi connectivity index (χ4v) is 5.71. The van der Waals surface area contributed by atoms with E-state index >= 15 is 0 Å². The number of aryl methyl sites for hydroxylation is 1. The molecule has 0 unspecified atom stereocenters. The minimum atomic E-state index is -4.58. The van der Waals surface area contributed by atoms with Gasteiger partial charge in [-0.3, -0.25) is 0 Å². The van der Waals surface area contributed by atoms with Crippen molar-refractivity contribution in [2.45, 2.75) is 13.1 Å². The van der Waals surface area contributed by atoms with E-state index < -0.39 is 18.9 Å². The molecule has 1 nitrogen and oxygen atoms in total. The molecule has 3 aromatic carbocycles. The molecule has 5 heteroatoms. The van der Waals surface area contributed by atoms with Crippen molar-refractivity contribution >= 4 is 23.1 Å². The molecule has 0 fully saturated rings. The van der Waals surface area contributed by atoms with Crippen LogP contribution >= 0.6 is 7.14 Å². The molecule has 3 aromatic rings. The topological polar surface area (TPSA) is 17.1 Å². The lowest BCUT2D eigenvalue weighted by atomic mass is 10.1. The molecular formula is C20H16F3OP. The molecule has 0 N–H and O–H groups in total. The second-order valence-corrected chi connectivity index (χ2v) is 8.53. The molecule has 0 amide bonds. The van der Waals surface area contributed by atoms with Crippen LogP contribution in [0.3, 0.4) is 0 Å². The zero-order chi connectivity index (χ0) is 18.1. The molecule has 3 rings (SSSR count). The predicted octanol–water partition coefficient (Wildman–Crippen LogP) is 4.65. The van der Waals surface area contributed by atoms with Crippen LogP contribution in [-0.2, 0) is 10.7 Å². The zero-order valence-corrected chi connectivity index (χ0v) is 14.4. The molecular weight excluding hydrogens is 344 g/mol. The maximum Gasteiger partial charge on any atom is 0.417 e. The van der Waals surface area contributed by atoms with Gasteiger partial charge in [0, 0.05) is 15.9 Å². The van der Waals surface area contributed by atoms with Gasteiger partial charge in [-0.15, -0.1) is 0 Å². The van der Waals surface area contributed by atoms with Crippen LogP contribution in [0.15, 0.2) is 78.9 Å². The van der Waals surface area contributed by atoms with Crippen LogP contribution in [0.25, 0.3) is 0 Å². The van der Waals surface area contributed by atoms with E-state index in [2.05, 4.69) is 0 Å². The number of rotatable bonds is 3. The van der Waals surface area contributed by atoms with Gasteiger partial charge in [-0.1, -0.05) is 72.3 Å². The van der Waals surface area contributed by atoms with Gasteiger partial charge in [-0.05, 0) is 19.1 Å². The second kappa shape index (κ2) is 6.53. The van der Waals surface area contributed by atoms with Crippen LogP contribution < -0.4 is 15.9 Å². The number of benzene rings is 3. The molecule has 0 bridgehead atoms. The van der Waals surface area contributed by atoms with Crippen LogP contribution in [0, 0.1) is 6.92 Å². The molecule has 0 aliphatic carbocycles. The third kappa shape index (κ3) is 3.27. The zero-order valence-electron chi connectivity index (χ0n) is 13.5. The number of hydrogen-bond acceptors (Lipinski definition) is 1. The summed E-state index contributed by atoms with van der Waals surface area (Å²) in [6, 6.07) is 20.7. The number of hydrogen-bond donors (Lipinski definition) is 0. The van der Waals surface area contributed by atoms with Crippen molar-refractivity contribution in [3.8, 4) is 0 Å². The lowest BCUT2D eigenvalue weighted by Gasteiger charge is -2.24. The Morgan fingerprint density at radius 2 is 1.24 bits per heavy atom. The smallest absolute Gasteiger partial charge is 0.309 e. The molecule has 0 aliphatic heterocycles. The van der Waals surface area contributed by atoms with Crippen molar-refractivity contribution in [1.29, 1.82) is 0 Å². The molecule has 25 heavy (non-hydrogen) atoms. The molecule has 0 saturated carbocycles. The van der Waals surface area contributed by atoms with E-state index in [4.69, 9.17) is 0 Å². The Morgan fingerprint density at radius 3 is 1.68 bits per heavy atom. The average Bonchev–Trinajstić information content (AvgIpc) is 2.62. The minimum Gasteiger partial charge on any atom is -0.309 e. The Bertz CT molecular complexity index is 875. The van der Waals surface area contributed by atoms with Crippen LogP contribution in [0.1, 0.15) is 11.1 Å². The highest BCUT2D eigenvalue weighted by atomic mass is 31.2. The van der Waals surface area contributed by atoms with E-state index in [0.717, 1.165) is 6.07 Å². The molecule has 0 saturated heterocycles. The van der Waals surface area contributed by atoms with E-state index in [1.54, 1.807) is 73.7 Å². The van der Waals surface area contributed by atoms with Crippen molar-refractivity contribution in [3.05, 3.63) is 90.0 Å². The Hall–Kier alpha value is -2.32. The van der Waals surface area contributed by atoms with Gasteiger partial charge in [0.05, 0.1) is 5.56 Å². The lowest BCUT2D eigenvalue weighted by molar-refractivity contribution is -0.136. The third-order valence-electron chi connectivity index (χ3n) is 4.04. The van der Waals surface area contributed by atoms with Crippen LogP contribution in [-0.4, -0.2) is 0 Å². The summed E-state index contributed by atoms with van der Waals surface area (Å²) in [5, 5.41) is 0.592. The number of alkyl halides is 3. The largest absolute Gasteiger partial charge is 0.417 e.